The van der Waals surface area contributed by atoms with Gasteiger partial charge < -0.3 is 10.0 Å². The monoisotopic (exact) mass is 399 g/mol. The van der Waals surface area contributed by atoms with Crippen molar-refractivity contribution in [1.29, 1.82) is 0 Å². The van der Waals surface area contributed by atoms with Crippen LogP contribution in [0.2, 0.25) is 0 Å². The highest BCUT2D eigenvalue weighted by Gasteiger charge is 2.19. The second kappa shape index (κ2) is 7.59. The lowest BCUT2D eigenvalue weighted by Gasteiger charge is -2.29. The van der Waals surface area contributed by atoms with Crippen LogP contribution in [-0.2, 0) is 0 Å². The van der Waals surface area contributed by atoms with Gasteiger partial charge in [-0.2, -0.15) is 10.1 Å². The number of carboxylic acids is 1. The van der Waals surface area contributed by atoms with Crippen molar-refractivity contribution in [2.24, 2.45) is 0 Å². The maximum atomic E-state index is 11.3. The van der Waals surface area contributed by atoms with Gasteiger partial charge in [0.2, 0.25) is 0 Å². The van der Waals surface area contributed by atoms with Crippen molar-refractivity contribution in [1.82, 2.24) is 19.7 Å². The fourth-order valence-electron chi connectivity index (χ4n) is 3.90. The number of piperidine rings is 1. The molecule has 1 saturated heterocycles. The van der Waals surface area contributed by atoms with Crippen molar-refractivity contribution < 1.29 is 9.90 Å². The molecule has 7 heteroatoms. The number of anilines is 1. The van der Waals surface area contributed by atoms with Crippen LogP contribution < -0.4 is 4.90 Å². The topological polar surface area (TPSA) is 84.1 Å². The summed E-state index contributed by atoms with van der Waals surface area (Å²) in [5.41, 5.74) is 3.11. The number of hydrogen-bond donors (Lipinski definition) is 1. The van der Waals surface area contributed by atoms with Gasteiger partial charge in [-0.1, -0.05) is 36.4 Å². The zero-order valence-electron chi connectivity index (χ0n) is 16.4. The zero-order valence-corrected chi connectivity index (χ0v) is 16.4. The molecule has 1 aliphatic heterocycles. The summed E-state index contributed by atoms with van der Waals surface area (Å²) in [5.74, 6) is 0.229. The van der Waals surface area contributed by atoms with E-state index in [0.717, 1.165) is 53.8 Å². The zero-order chi connectivity index (χ0) is 20.5. The number of aromatic nitrogens is 4. The third-order valence-corrected chi connectivity index (χ3v) is 5.46. The Labute approximate surface area is 173 Å². The first-order valence-electron chi connectivity index (χ1n) is 10.1. The van der Waals surface area contributed by atoms with Crippen molar-refractivity contribution in [2.45, 2.75) is 19.3 Å². The van der Waals surface area contributed by atoms with Crippen LogP contribution in [0.15, 0.2) is 60.9 Å². The second-order valence-corrected chi connectivity index (χ2v) is 7.47. The molecular weight excluding hydrogens is 378 g/mol. The predicted molar refractivity (Wildman–Crippen MR) is 115 cm³/mol. The minimum Gasteiger partial charge on any atom is -0.478 e. The molecule has 0 bridgehead atoms. The van der Waals surface area contributed by atoms with Gasteiger partial charge in [-0.3, -0.25) is 0 Å². The number of carboxylic acid groups (broad SMARTS) is 1. The van der Waals surface area contributed by atoms with Crippen LogP contribution in [0.1, 0.15) is 29.6 Å². The normalized spacial score (nSPS) is 14.2. The highest BCUT2D eigenvalue weighted by atomic mass is 16.4. The van der Waals surface area contributed by atoms with Gasteiger partial charge in [-0.05, 0) is 42.5 Å². The van der Waals surface area contributed by atoms with E-state index in [1.165, 1.54) is 23.5 Å². The summed E-state index contributed by atoms with van der Waals surface area (Å²) in [7, 11) is 0. The molecule has 0 radical (unpaired) electrons. The van der Waals surface area contributed by atoms with Gasteiger partial charge in [0.25, 0.3) is 5.95 Å². The Morgan fingerprint density at radius 2 is 1.73 bits per heavy atom. The van der Waals surface area contributed by atoms with E-state index in [0.29, 0.717) is 5.95 Å². The number of benzene rings is 2. The lowest BCUT2D eigenvalue weighted by atomic mass is 10.0. The Kier molecular flexibility index (Phi) is 4.63. The SMILES string of the molecule is O=C(O)c1cnn(-c2nc(N3CCCCC3)c3ccc(-c4ccccc4)cc3n2)c1. The molecule has 2 aromatic heterocycles. The maximum Gasteiger partial charge on any atom is 0.338 e. The Balaban J connectivity index is 1.68. The van der Waals surface area contributed by atoms with Crippen molar-refractivity contribution in [3.05, 3.63) is 66.5 Å². The summed E-state index contributed by atoms with van der Waals surface area (Å²) in [6.07, 6.45) is 6.26. The third kappa shape index (κ3) is 3.39. The summed E-state index contributed by atoms with van der Waals surface area (Å²) in [6.45, 7) is 1.90. The van der Waals surface area contributed by atoms with Crippen molar-refractivity contribution in [3.63, 3.8) is 0 Å². The average molecular weight is 399 g/mol. The highest BCUT2D eigenvalue weighted by molar-refractivity contribution is 5.93. The molecule has 0 amide bonds. The van der Waals surface area contributed by atoms with Crippen LogP contribution in [0.25, 0.3) is 28.0 Å². The molecule has 1 N–H and O–H groups in total. The third-order valence-electron chi connectivity index (χ3n) is 5.46. The Bertz CT molecular complexity index is 1210. The van der Waals surface area contributed by atoms with E-state index in [1.807, 2.05) is 18.2 Å². The molecule has 1 fully saturated rings. The quantitative estimate of drug-likeness (QED) is 0.554. The van der Waals surface area contributed by atoms with Gasteiger partial charge >= 0.3 is 5.97 Å². The number of carbonyl (C=O) groups is 1. The smallest absolute Gasteiger partial charge is 0.338 e. The molecule has 3 heterocycles. The molecule has 0 unspecified atom stereocenters. The van der Waals surface area contributed by atoms with Gasteiger partial charge in [-0.15, -0.1) is 0 Å². The van der Waals surface area contributed by atoms with Crippen molar-refractivity contribution in [2.75, 3.05) is 18.0 Å². The molecule has 7 nitrogen and oxygen atoms in total. The highest BCUT2D eigenvalue weighted by Crippen LogP contribution is 2.30. The lowest BCUT2D eigenvalue weighted by molar-refractivity contribution is 0.0697. The van der Waals surface area contributed by atoms with E-state index in [-0.39, 0.29) is 5.56 Å². The minimum absolute atomic E-state index is 0.108. The maximum absolute atomic E-state index is 11.3. The van der Waals surface area contributed by atoms with Crippen LogP contribution in [0.3, 0.4) is 0 Å². The summed E-state index contributed by atoms with van der Waals surface area (Å²) in [5, 5.41) is 14.4. The summed E-state index contributed by atoms with van der Waals surface area (Å²) < 4.78 is 1.44. The van der Waals surface area contributed by atoms with Crippen molar-refractivity contribution in [3.8, 4) is 17.1 Å². The Hall–Kier alpha value is -3.74. The Morgan fingerprint density at radius 1 is 0.933 bits per heavy atom. The molecule has 150 valence electrons. The number of fused-ring (bicyclic) bond motifs is 1. The van der Waals surface area contributed by atoms with E-state index in [2.05, 4.69) is 40.3 Å². The predicted octanol–water partition coefficient (Wildman–Crippen LogP) is 4.17. The molecule has 5 rings (SSSR count). The first kappa shape index (κ1) is 18.3. The van der Waals surface area contributed by atoms with Crippen LogP contribution >= 0.6 is 0 Å². The number of rotatable bonds is 4. The second-order valence-electron chi connectivity index (χ2n) is 7.47. The number of hydrogen-bond acceptors (Lipinski definition) is 5. The van der Waals surface area contributed by atoms with Crippen LogP contribution in [-0.4, -0.2) is 43.9 Å². The molecular formula is C23H21N5O2. The first-order chi connectivity index (χ1) is 14.7. The lowest BCUT2D eigenvalue weighted by Crippen LogP contribution is -2.30. The van der Waals surface area contributed by atoms with E-state index in [1.54, 1.807) is 0 Å². The summed E-state index contributed by atoms with van der Waals surface area (Å²) in [4.78, 5) is 23.1. The number of nitrogens with zero attached hydrogens (tertiary/aromatic N) is 5. The molecule has 0 spiro atoms. The largest absolute Gasteiger partial charge is 0.478 e. The van der Waals surface area contributed by atoms with E-state index >= 15 is 0 Å². The van der Waals surface area contributed by atoms with E-state index in [4.69, 9.17) is 9.97 Å². The fourth-order valence-corrected chi connectivity index (χ4v) is 3.90. The van der Waals surface area contributed by atoms with Crippen LogP contribution in [0, 0.1) is 0 Å². The minimum atomic E-state index is -1.02. The van der Waals surface area contributed by atoms with Crippen molar-refractivity contribution >= 4 is 22.7 Å². The Morgan fingerprint density at radius 3 is 2.47 bits per heavy atom. The molecule has 2 aromatic carbocycles. The molecule has 1 aliphatic rings. The van der Waals surface area contributed by atoms with Crippen LogP contribution in [0.5, 0.6) is 0 Å². The van der Waals surface area contributed by atoms with Gasteiger partial charge in [0, 0.05) is 24.7 Å². The fraction of sp³-hybridized carbons (Fsp3) is 0.217. The summed E-state index contributed by atoms with van der Waals surface area (Å²) >= 11 is 0. The van der Waals surface area contributed by atoms with Gasteiger partial charge in [0.1, 0.15) is 5.82 Å². The molecule has 0 aliphatic carbocycles. The molecule has 4 aromatic rings. The standard InChI is InChI=1S/C23H21N5O2/c29-22(30)18-14-24-28(15-18)23-25-20-13-17(16-7-3-1-4-8-16)9-10-19(20)21(26-23)27-11-5-2-6-12-27/h1,3-4,7-10,13-15H,2,5-6,11-12H2,(H,29,30). The molecule has 30 heavy (non-hydrogen) atoms. The van der Waals surface area contributed by atoms with Gasteiger partial charge in [-0.25, -0.2) is 14.5 Å². The average Bonchev–Trinajstić information content (AvgIpc) is 3.30. The van der Waals surface area contributed by atoms with E-state index < -0.39 is 5.97 Å². The van der Waals surface area contributed by atoms with Gasteiger partial charge in [0.15, 0.2) is 0 Å². The molecule has 0 atom stereocenters. The first-order valence-corrected chi connectivity index (χ1v) is 10.1. The van der Waals surface area contributed by atoms with E-state index in [9.17, 15) is 9.90 Å². The molecule has 0 saturated carbocycles. The van der Waals surface area contributed by atoms with Gasteiger partial charge in [0.05, 0.1) is 17.3 Å². The van der Waals surface area contributed by atoms with Crippen LogP contribution in [0.4, 0.5) is 5.82 Å². The number of aromatic carboxylic acids is 1. The summed E-state index contributed by atoms with van der Waals surface area (Å²) in [6, 6.07) is 16.4.